The molecular weight excluding hydrogens is 362 g/mol. The highest BCUT2D eigenvalue weighted by molar-refractivity contribution is 6.32. The van der Waals surface area contributed by atoms with Crippen molar-refractivity contribution >= 4 is 23.5 Å². The van der Waals surface area contributed by atoms with E-state index >= 15 is 0 Å². The Balaban J connectivity index is 1.50. The molecule has 1 heterocycles. The Labute approximate surface area is 165 Å². The molecule has 2 aromatic rings. The topological polar surface area (TPSA) is 38.8 Å². The highest BCUT2D eigenvalue weighted by Crippen LogP contribution is 2.18. The number of rotatable bonds is 8. The van der Waals surface area contributed by atoms with Crippen molar-refractivity contribution in [1.29, 1.82) is 0 Å². The van der Waals surface area contributed by atoms with Crippen molar-refractivity contribution < 1.29 is 14.3 Å². The molecule has 1 aliphatic rings. The smallest absolute Gasteiger partial charge is 0.185 e. The van der Waals surface area contributed by atoms with Crippen LogP contribution in [0, 0.1) is 0 Å². The third-order valence-corrected chi connectivity index (χ3v) is 4.77. The number of hydrogen-bond acceptors (Lipinski definition) is 4. The van der Waals surface area contributed by atoms with Crippen LogP contribution < -0.4 is 4.74 Å². The monoisotopic (exact) mass is 385 g/mol. The molecular formula is C22H24ClNO3. The summed E-state index contributed by atoms with van der Waals surface area (Å²) in [7, 11) is 0. The highest BCUT2D eigenvalue weighted by atomic mass is 35.5. The Hall–Kier alpha value is -2.14. The first-order valence-electron chi connectivity index (χ1n) is 9.22. The molecule has 0 aromatic heterocycles. The summed E-state index contributed by atoms with van der Waals surface area (Å²) in [5.74, 6) is 0.641. The van der Waals surface area contributed by atoms with Crippen LogP contribution >= 0.6 is 11.6 Å². The van der Waals surface area contributed by atoms with E-state index in [4.69, 9.17) is 21.1 Å². The zero-order chi connectivity index (χ0) is 18.9. The summed E-state index contributed by atoms with van der Waals surface area (Å²) in [6.45, 7) is 5.23. The number of ether oxygens (including phenoxy) is 2. The molecule has 0 amide bonds. The molecule has 0 N–H and O–H groups in total. The molecule has 0 atom stereocenters. The zero-order valence-electron chi connectivity index (χ0n) is 15.3. The summed E-state index contributed by atoms with van der Waals surface area (Å²) in [4.78, 5) is 14.8. The van der Waals surface area contributed by atoms with Gasteiger partial charge in [0.2, 0.25) is 0 Å². The van der Waals surface area contributed by atoms with Crippen LogP contribution in [0.5, 0.6) is 5.75 Å². The van der Waals surface area contributed by atoms with Crippen LogP contribution in [-0.4, -0.2) is 50.1 Å². The number of ketones is 1. The van der Waals surface area contributed by atoms with Crippen LogP contribution in [0.1, 0.15) is 22.3 Å². The summed E-state index contributed by atoms with van der Waals surface area (Å²) in [5.41, 5.74) is 1.42. The molecule has 0 spiro atoms. The van der Waals surface area contributed by atoms with Crippen LogP contribution in [0.4, 0.5) is 0 Å². The highest BCUT2D eigenvalue weighted by Gasteiger charge is 2.09. The van der Waals surface area contributed by atoms with Gasteiger partial charge in [0.25, 0.3) is 0 Å². The number of halogens is 1. The van der Waals surface area contributed by atoms with Gasteiger partial charge in [0.15, 0.2) is 5.78 Å². The van der Waals surface area contributed by atoms with Crippen LogP contribution in [0.15, 0.2) is 54.6 Å². The normalized spacial score (nSPS) is 15.1. The van der Waals surface area contributed by atoms with E-state index in [1.807, 2.05) is 30.3 Å². The Morgan fingerprint density at radius 2 is 1.96 bits per heavy atom. The van der Waals surface area contributed by atoms with Gasteiger partial charge in [0.1, 0.15) is 5.75 Å². The molecule has 0 bridgehead atoms. The van der Waals surface area contributed by atoms with Crippen molar-refractivity contribution in [3.63, 3.8) is 0 Å². The second-order valence-corrected chi connectivity index (χ2v) is 6.81. The third kappa shape index (κ3) is 6.21. The molecule has 1 fully saturated rings. The minimum absolute atomic E-state index is 0.0753. The molecule has 1 aliphatic heterocycles. The van der Waals surface area contributed by atoms with Crippen molar-refractivity contribution in [3.8, 4) is 5.75 Å². The second kappa shape index (κ2) is 10.3. The first kappa shape index (κ1) is 19.6. The second-order valence-electron chi connectivity index (χ2n) is 6.40. The summed E-state index contributed by atoms with van der Waals surface area (Å²) < 4.78 is 11.2. The van der Waals surface area contributed by atoms with E-state index in [0.717, 1.165) is 44.8 Å². The minimum atomic E-state index is -0.0753. The molecule has 1 saturated heterocycles. The molecule has 142 valence electrons. The van der Waals surface area contributed by atoms with Gasteiger partial charge >= 0.3 is 0 Å². The van der Waals surface area contributed by atoms with Crippen LogP contribution in [0.25, 0.3) is 6.08 Å². The maximum Gasteiger partial charge on any atom is 0.185 e. The molecule has 4 nitrogen and oxygen atoms in total. The summed E-state index contributed by atoms with van der Waals surface area (Å²) in [6, 6.07) is 14.7. The lowest BCUT2D eigenvalue weighted by Gasteiger charge is -2.26. The van der Waals surface area contributed by atoms with Crippen molar-refractivity contribution in [1.82, 2.24) is 4.90 Å². The molecule has 3 rings (SSSR count). The average molecular weight is 386 g/mol. The van der Waals surface area contributed by atoms with Gasteiger partial charge in [-0.25, -0.2) is 0 Å². The quantitative estimate of drug-likeness (QED) is 0.385. The van der Waals surface area contributed by atoms with Crippen molar-refractivity contribution in [2.75, 3.05) is 39.5 Å². The number of benzene rings is 2. The first-order valence-corrected chi connectivity index (χ1v) is 9.60. The van der Waals surface area contributed by atoms with Crippen LogP contribution in [0.3, 0.4) is 0 Å². The van der Waals surface area contributed by atoms with Crippen molar-refractivity contribution in [2.45, 2.75) is 6.42 Å². The largest absolute Gasteiger partial charge is 0.494 e. The van der Waals surface area contributed by atoms with Crippen LogP contribution in [-0.2, 0) is 4.74 Å². The number of nitrogens with zero attached hydrogens (tertiary/aromatic N) is 1. The Bertz CT molecular complexity index is 785. The van der Waals surface area contributed by atoms with E-state index in [2.05, 4.69) is 4.90 Å². The van der Waals surface area contributed by atoms with E-state index in [1.54, 1.807) is 30.4 Å². The minimum Gasteiger partial charge on any atom is -0.494 e. The molecule has 0 aliphatic carbocycles. The summed E-state index contributed by atoms with van der Waals surface area (Å²) >= 11 is 6.11. The van der Waals surface area contributed by atoms with Gasteiger partial charge in [-0.15, -0.1) is 0 Å². The third-order valence-electron chi connectivity index (χ3n) is 4.43. The van der Waals surface area contributed by atoms with Gasteiger partial charge in [0.05, 0.1) is 19.8 Å². The lowest BCUT2D eigenvalue weighted by atomic mass is 10.1. The summed E-state index contributed by atoms with van der Waals surface area (Å²) in [6.07, 6.45) is 4.23. The standard InChI is InChI=1S/C22H24ClNO3/c23-21-8-2-1-5-18(21)9-10-22(25)19-6-3-7-20(17-19)27-14-4-11-24-12-15-26-16-13-24/h1-3,5-10,17H,4,11-16H2. The molecule has 2 aromatic carbocycles. The molecule has 0 radical (unpaired) electrons. The van der Waals surface area contributed by atoms with E-state index in [9.17, 15) is 4.79 Å². The van der Waals surface area contributed by atoms with Gasteiger partial charge in [-0.1, -0.05) is 41.9 Å². The van der Waals surface area contributed by atoms with E-state index < -0.39 is 0 Å². The fourth-order valence-corrected chi connectivity index (χ4v) is 3.11. The van der Waals surface area contributed by atoms with Crippen LogP contribution in [0.2, 0.25) is 5.02 Å². The number of morpholine rings is 1. The Morgan fingerprint density at radius 3 is 2.78 bits per heavy atom. The lowest BCUT2D eigenvalue weighted by Crippen LogP contribution is -2.37. The zero-order valence-corrected chi connectivity index (χ0v) is 16.0. The van der Waals surface area contributed by atoms with Gasteiger partial charge < -0.3 is 9.47 Å². The fourth-order valence-electron chi connectivity index (χ4n) is 2.91. The number of allylic oxidation sites excluding steroid dienone is 1. The van der Waals surface area contributed by atoms with Gasteiger partial charge in [-0.2, -0.15) is 0 Å². The van der Waals surface area contributed by atoms with E-state index in [-0.39, 0.29) is 5.78 Å². The molecule has 27 heavy (non-hydrogen) atoms. The molecule has 0 saturated carbocycles. The Morgan fingerprint density at radius 1 is 1.15 bits per heavy atom. The van der Waals surface area contributed by atoms with Crippen molar-refractivity contribution in [3.05, 3.63) is 70.8 Å². The number of carbonyl (C=O) groups excluding carboxylic acids is 1. The maximum absolute atomic E-state index is 12.4. The molecule has 0 unspecified atom stereocenters. The predicted octanol–water partition coefficient (Wildman–Crippen LogP) is 4.34. The van der Waals surface area contributed by atoms with Gasteiger partial charge in [0, 0.05) is 30.2 Å². The van der Waals surface area contributed by atoms with Gasteiger partial charge in [-0.3, -0.25) is 9.69 Å². The SMILES string of the molecule is O=C(C=Cc1ccccc1Cl)c1cccc(OCCCN2CCOCC2)c1. The maximum atomic E-state index is 12.4. The van der Waals surface area contributed by atoms with E-state index in [0.29, 0.717) is 22.9 Å². The number of carbonyl (C=O) groups is 1. The Kier molecular flexibility index (Phi) is 7.45. The average Bonchev–Trinajstić information content (AvgIpc) is 2.71. The molecule has 5 heteroatoms. The van der Waals surface area contributed by atoms with Gasteiger partial charge in [-0.05, 0) is 42.3 Å². The lowest BCUT2D eigenvalue weighted by molar-refractivity contribution is 0.0358. The summed E-state index contributed by atoms with van der Waals surface area (Å²) in [5, 5.41) is 0.624. The first-order chi connectivity index (χ1) is 13.2. The fraction of sp³-hybridized carbons (Fsp3) is 0.318. The number of hydrogen-bond donors (Lipinski definition) is 0. The van der Waals surface area contributed by atoms with E-state index in [1.165, 1.54) is 0 Å². The predicted molar refractivity (Wildman–Crippen MR) is 109 cm³/mol. The van der Waals surface area contributed by atoms with Crippen molar-refractivity contribution in [2.24, 2.45) is 0 Å².